The standard InChI is InChI=1S/C20H15ClN2O4/c21-14-10-11-17(16(12-14)19(24)13-6-2-1-3-7-13)22-20(25)15-8-4-5-9-18(15)23(26)27/h1-12,19,24H,(H,22,25)/t19-/m0/s1. The third kappa shape index (κ3) is 4.13. The number of aliphatic hydroxyl groups excluding tert-OH is 1. The maximum Gasteiger partial charge on any atom is 0.282 e. The zero-order valence-electron chi connectivity index (χ0n) is 14.0. The van der Waals surface area contributed by atoms with Crippen molar-refractivity contribution in [2.75, 3.05) is 5.32 Å². The van der Waals surface area contributed by atoms with Crippen molar-refractivity contribution in [1.29, 1.82) is 0 Å². The third-order valence-electron chi connectivity index (χ3n) is 4.02. The largest absolute Gasteiger partial charge is 0.384 e. The average molecular weight is 383 g/mol. The molecule has 0 saturated carbocycles. The van der Waals surface area contributed by atoms with Crippen molar-refractivity contribution in [3.8, 4) is 0 Å². The van der Waals surface area contributed by atoms with Crippen molar-refractivity contribution in [2.45, 2.75) is 6.10 Å². The first-order valence-corrected chi connectivity index (χ1v) is 8.42. The Morgan fingerprint density at radius 3 is 2.41 bits per heavy atom. The fourth-order valence-electron chi connectivity index (χ4n) is 2.70. The monoisotopic (exact) mass is 382 g/mol. The number of amides is 1. The Labute approximate surface area is 160 Å². The van der Waals surface area contributed by atoms with E-state index in [0.717, 1.165) is 0 Å². The van der Waals surface area contributed by atoms with Crippen LogP contribution in [0.5, 0.6) is 0 Å². The molecule has 1 atom stereocenters. The number of nitrogens with one attached hydrogen (secondary N) is 1. The molecule has 3 aromatic rings. The Morgan fingerprint density at radius 2 is 1.70 bits per heavy atom. The van der Waals surface area contributed by atoms with Crippen LogP contribution in [0, 0.1) is 10.1 Å². The quantitative estimate of drug-likeness (QED) is 0.499. The number of nitro groups is 1. The van der Waals surface area contributed by atoms with Gasteiger partial charge >= 0.3 is 0 Å². The van der Waals surface area contributed by atoms with Gasteiger partial charge in [0.1, 0.15) is 11.7 Å². The average Bonchev–Trinajstić information content (AvgIpc) is 2.69. The maximum atomic E-state index is 12.6. The highest BCUT2D eigenvalue weighted by atomic mass is 35.5. The number of anilines is 1. The molecule has 0 bridgehead atoms. The van der Waals surface area contributed by atoms with Crippen LogP contribution in [0.25, 0.3) is 0 Å². The van der Waals surface area contributed by atoms with Gasteiger partial charge in [-0.2, -0.15) is 0 Å². The lowest BCUT2D eigenvalue weighted by molar-refractivity contribution is -0.385. The van der Waals surface area contributed by atoms with Gasteiger partial charge in [0, 0.05) is 22.3 Å². The molecule has 0 unspecified atom stereocenters. The van der Waals surface area contributed by atoms with E-state index in [0.29, 0.717) is 21.8 Å². The van der Waals surface area contributed by atoms with Crippen LogP contribution in [-0.2, 0) is 0 Å². The van der Waals surface area contributed by atoms with E-state index in [1.165, 1.54) is 18.2 Å². The van der Waals surface area contributed by atoms with E-state index in [1.807, 2.05) is 6.07 Å². The van der Waals surface area contributed by atoms with Gasteiger partial charge in [-0.25, -0.2) is 0 Å². The molecule has 27 heavy (non-hydrogen) atoms. The number of nitrogens with zero attached hydrogens (tertiary/aromatic N) is 1. The van der Waals surface area contributed by atoms with E-state index in [1.54, 1.807) is 48.5 Å². The number of rotatable bonds is 5. The molecule has 1 amide bonds. The summed E-state index contributed by atoms with van der Waals surface area (Å²) in [5.74, 6) is -0.647. The van der Waals surface area contributed by atoms with Crippen molar-refractivity contribution in [3.05, 3.63) is 105 Å². The molecule has 0 saturated heterocycles. The minimum Gasteiger partial charge on any atom is -0.384 e. The molecule has 0 aliphatic carbocycles. The van der Waals surface area contributed by atoms with Crippen LogP contribution in [0.4, 0.5) is 11.4 Å². The molecule has 7 heteroatoms. The van der Waals surface area contributed by atoms with Crippen LogP contribution < -0.4 is 5.32 Å². The van der Waals surface area contributed by atoms with Gasteiger partial charge in [-0.15, -0.1) is 0 Å². The molecule has 136 valence electrons. The fraction of sp³-hybridized carbons (Fsp3) is 0.0500. The van der Waals surface area contributed by atoms with Crippen LogP contribution in [0.15, 0.2) is 72.8 Å². The normalized spacial score (nSPS) is 11.6. The molecule has 6 nitrogen and oxygen atoms in total. The summed E-state index contributed by atoms with van der Waals surface area (Å²) >= 11 is 6.06. The Morgan fingerprint density at radius 1 is 1.04 bits per heavy atom. The zero-order chi connectivity index (χ0) is 19.4. The summed E-state index contributed by atoms with van der Waals surface area (Å²) in [6, 6.07) is 19.2. The van der Waals surface area contributed by atoms with E-state index >= 15 is 0 Å². The summed E-state index contributed by atoms with van der Waals surface area (Å²) < 4.78 is 0. The summed E-state index contributed by atoms with van der Waals surface area (Å²) in [7, 11) is 0. The van der Waals surface area contributed by atoms with Crippen molar-refractivity contribution in [3.63, 3.8) is 0 Å². The number of carbonyl (C=O) groups is 1. The van der Waals surface area contributed by atoms with E-state index in [2.05, 4.69) is 5.32 Å². The fourth-order valence-corrected chi connectivity index (χ4v) is 2.88. The number of hydrogen-bond acceptors (Lipinski definition) is 4. The first kappa shape index (κ1) is 18.6. The highest BCUT2D eigenvalue weighted by Crippen LogP contribution is 2.31. The molecule has 0 aliphatic rings. The summed E-state index contributed by atoms with van der Waals surface area (Å²) in [5, 5.41) is 24.9. The molecule has 0 aromatic heterocycles. The Kier molecular flexibility index (Phi) is 5.49. The Hall–Kier alpha value is -3.22. The van der Waals surface area contributed by atoms with Crippen LogP contribution in [0.3, 0.4) is 0 Å². The van der Waals surface area contributed by atoms with Crippen molar-refractivity contribution in [2.24, 2.45) is 0 Å². The number of halogens is 1. The van der Waals surface area contributed by atoms with Gasteiger partial charge in [0.15, 0.2) is 0 Å². The highest BCUT2D eigenvalue weighted by molar-refractivity contribution is 6.30. The SMILES string of the molecule is O=C(Nc1ccc(Cl)cc1[C@@H](O)c1ccccc1)c1ccccc1[N+](=O)[O-]. The molecular formula is C20H15ClN2O4. The van der Waals surface area contributed by atoms with Gasteiger partial charge in [-0.3, -0.25) is 14.9 Å². The molecule has 0 spiro atoms. The Balaban J connectivity index is 1.96. The molecule has 0 aliphatic heterocycles. The zero-order valence-corrected chi connectivity index (χ0v) is 14.8. The molecule has 3 aromatic carbocycles. The minimum atomic E-state index is -1.02. The highest BCUT2D eigenvalue weighted by Gasteiger charge is 2.22. The molecule has 0 radical (unpaired) electrons. The second-order valence-corrected chi connectivity index (χ2v) is 6.21. The predicted molar refractivity (Wildman–Crippen MR) is 103 cm³/mol. The number of nitro benzene ring substituents is 1. The lowest BCUT2D eigenvalue weighted by Gasteiger charge is -2.17. The van der Waals surface area contributed by atoms with Gasteiger partial charge in [0.05, 0.1) is 4.92 Å². The summed E-state index contributed by atoms with van der Waals surface area (Å²) in [6.45, 7) is 0. The van der Waals surface area contributed by atoms with Crippen LogP contribution in [0.1, 0.15) is 27.6 Å². The number of aliphatic hydroxyl groups is 1. The van der Waals surface area contributed by atoms with Crippen molar-refractivity contribution >= 4 is 28.9 Å². The number of benzene rings is 3. The second kappa shape index (κ2) is 7.99. The molecule has 0 heterocycles. The van der Waals surface area contributed by atoms with Gasteiger partial charge in [-0.1, -0.05) is 54.1 Å². The lowest BCUT2D eigenvalue weighted by atomic mass is 9.99. The number of hydrogen-bond donors (Lipinski definition) is 2. The third-order valence-corrected chi connectivity index (χ3v) is 4.25. The van der Waals surface area contributed by atoms with E-state index in [9.17, 15) is 20.0 Å². The summed E-state index contributed by atoms with van der Waals surface area (Å²) in [4.78, 5) is 23.1. The summed E-state index contributed by atoms with van der Waals surface area (Å²) in [6.07, 6.45) is -1.02. The minimum absolute atomic E-state index is 0.0717. The maximum absolute atomic E-state index is 12.6. The molecule has 0 fully saturated rings. The van der Waals surface area contributed by atoms with Gasteiger partial charge in [-0.05, 0) is 29.8 Å². The molecule has 2 N–H and O–H groups in total. The number of para-hydroxylation sites is 1. The first-order chi connectivity index (χ1) is 13.0. The molecular weight excluding hydrogens is 368 g/mol. The van der Waals surface area contributed by atoms with Gasteiger partial charge in [0.2, 0.25) is 0 Å². The number of carbonyl (C=O) groups excluding carboxylic acids is 1. The summed E-state index contributed by atoms with van der Waals surface area (Å²) in [5.41, 5.74) is 0.965. The van der Waals surface area contributed by atoms with E-state index in [-0.39, 0.29) is 11.3 Å². The lowest BCUT2D eigenvalue weighted by Crippen LogP contribution is -2.16. The van der Waals surface area contributed by atoms with E-state index in [4.69, 9.17) is 11.6 Å². The van der Waals surface area contributed by atoms with Gasteiger partial charge < -0.3 is 10.4 Å². The second-order valence-electron chi connectivity index (χ2n) is 5.77. The van der Waals surface area contributed by atoms with Crippen molar-refractivity contribution in [1.82, 2.24) is 0 Å². The Bertz CT molecular complexity index is 992. The van der Waals surface area contributed by atoms with Crippen LogP contribution in [0.2, 0.25) is 5.02 Å². The predicted octanol–water partition coefficient (Wildman–Crippen LogP) is 4.58. The first-order valence-electron chi connectivity index (χ1n) is 8.04. The smallest absolute Gasteiger partial charge is 0.282 e. The van der Waals surface area contributed by atoms with E-state index < -0.39 is 16.9 Å². The van der Waals surface area contributed by atoms with Gasteiger partial charge in [0.25, 0.3) is 11.6 Å². The van der Waals surface area contributed by atoms with Crippen LogP contribution >= 0.6 is 11.6 Å². The molecule has 3 rings (SSSR count). The topological polar surface area (TPSA) is 92.5 Å². The van der Waals surface area contributed by atoms with Crippen molar-refractivity contribution < 1.29 is 14.8 Å². The van der Waals surface area contributed by atoms with Crippen LogP contribution in [-0.4, -0.2) is 15.9 Å².